The average molecular weight is 172 g/mol. The Kier molecular flexibility index (Phi) is 3.09. The maximum atomic E-state index is 10.9. The van der Waals surface area contributed by atoms with Crippen LogP contribution in [0.5, 0.6) is 0 Å². The van der Waals surface area contributed by atoms with Crippen LogP contribution in [0.25, 0.3) is 0 Å². The Morgan fingerprint density at radius 1 is 1.67 bits per heavy atom. The fourth-order valence-corrected chi connectivity index (χ4v) is 1.54. The van der Waals surface area contributed by atoms with E-state index >= 15 is 0 Å². The van der Waals surface area contributed by atoms with Gasteiger partial charge in [0.05, 0.1) is 12.5 Å². The summed E-state index contributed by atoms with van der Waals surface area (Å²) in [5, 5.41) is 9.44. The number of cyclic esters (lactones) is 1. The van der Waals surface area contributed by atoms with Gasteiger partial charge in [-0.1, -0.05) is 20.3 Å². The van der Waals surface area contributed by atoms with Crippen LogP contribution in [0, 0.1) is 5.92 Å². The number of aliphatic hydroxyl groups excluding tert-OH is 1. The first-order chi connectivity index (χ1) is 5.65. The van der Waals surface area contributed by atoms with Crippen molar-refractivity contribution >= 4 is 5.97 Å². The molecule has 3 nitrogen and oxygen atoms in total. The second-order valence-electron chi connectivity index (χ2n) is 3.45. The molecule has 0 radical (unpaired) electrons. The summed E-state index contributed by atoms with van der Waals surface area (Å²) < 4.78 is 5.11. The van der Waals surface area contributed by atoms with E-state index in [0.717, 1.165) is 12.8 Å². The molecular formula is C9H16O3. The number of carbonyl (C=O) groups excluding carboxylic acids is 1. The quantitative estimate of drug-likeness (QED) is 0.634. The Morgan fingerprint density at radius 3 is 2.92 bits per heavy atom. The van der Waals surface area contributed by atoms with Crippen molar-refractivity contribution in [2.24, 2.45) is 5.92 Å². The monoisotopic (exact) mass is 172 g/mol. The molecule has 0 bridgehead atoms. The van der Waals surface area contributed by atoms with Gasteiger partial charge in [-0.2, -0.15) is 0 Å². The molecule has 0 aromatic rings. The minimum Gasteiger partial charge on any atom is -0.462 e. The van der Waals surface area contributed by atoms with E-state index in [0.29, 0.717) is 0 Å². The molecule has 12 heavy (non-hydrogen) atoms. The Hall–Kier alpha value is -0.570. The summed E-state index contributed by atoms with van der Waals surface area (Å²) in [5.74, 6) is -0.179. The average Bonchev–Trinajstić information content (AvgIpc) is 2.00. The maximum absolute atomic E-state index is 10.9. The van der Waals surface area contributed by atoms with E-state index in [4.69, 9.17) is 4.74 Å². The Balaban J connectivity index is 2.53. The lowest BCUT2D eigenvalue weighted by atomic mass is 9.90. The van der Waals surface area contributed by atoms with E-state index < -0.39 is 6.10 Å². The third-order valence-electron chi connectivity index (χ3n) is 2.43. The molecule has 1 N–H and O–H groups in total. The fraction of sp³-hybridized carbons (Fsp3) is 0.889. The minimum absolute atomic E-state index is 0.0775. The summed E-state index contributed by atoms with van der Waals surface area (Å²) in [5.41, 5.74) is 0. The van der Waals surface area contributed by atoms with E-state index in [1.54, 1.807) is 0 Å². The van der Waals surface area contributed by atoms with E-state index in [1.165, 1.54) is 0 Å². The van der Waals surface area contributed by atoms with Crippen LogP contribution in [0.15, 0.2) is 0 Å². The van der Waals surface area contributed by atoms with E-state index in [9.17, 15) is 9.90 Å². The highest BCUT2D eigenvalue weighted by Gasteiger charge is 2.33. The predicted molar refractivity (Wildman–Crippen MR) is 44.6 cm³/mol. The highest BCUT2D eigenvalue weighted by molar-refractivity contribution is 5.71. The van der Waals surface area contributed by atoms with Crippen LogP contribution in [-0.4, -0.2) is 23.3 Å². The van der Waals surface area contributed by atoms with Gasteiger partial charge in [-0.25, -0.2) is 0 Å². The molecule has 70 valence electrons. The molecule has 1 rings (SSSR count). The Morgan fingerprint density at radius 2 is 2.33 bits per heavy atom. The summed E-state index contributed by atoms with van der Waals surface area (Å²) in [4.78, 5) is 10.9. The molecule has 0 saturated carbocycles. The first-order valence-corrected chi connectivity index (χ1v) is 4.52. The topological polar surface area (TPSA) is 46.5 Å². The van der Waals surface area contributed by atoms with Crippen LogP contribution < -0.4 is 0 Å². The molecule has 3 unspecified atom stereocenters. The van der Waals surface area contributed by atoms with Crippen LogP contribution in [-0.2, 0) is 9.53 Å². The molecule has 0 spiro atoms. The molecule has 1 fully saturated rings. The zero-order chi connectivity index (χ0) is 9.14. The van der Waals surface area contributed by atoms with Crippen molar-refractivity contribution in [2.75, 3.05) is 0 Å². The van der Waals surface area contributed by atoms with Crippen molar-refractivity contribution < 1.29 is 14.6 Å². The number of rotatable bonds is 2. The van der Waals surface area contributed by atoms with Gasteiger partial charge in [0.2, 0.25) is 0 Å². The van der Waals surface area contributed by atoms with Crippen molar-refractivity contribution in [1.82, 2.24) is 0 Å². The van der Waals surface area contributed by atoms with E-state index in [-0.39, 0.29) is 24.4 Å². The lowest BCUT2D eigenvalue weighted by Crippen LogP contribution is -2.40. The van der Waals surface area contributed by atoms with Crippen LogP contribution in [0.3, 0.4) is 0 Å². The standard InChI is InChI=1S/C9H16O3/c1-3-4-8-6(2)7(10)5-9(11)12-8/h6-8,10H,3-5H2,1-2H3. The number of hydrogen-bond acceptors (Lipinski definition) is 3. The SMILES string of the molecule is CCCC1OC(=O)CC(O)C1C. The molecule has 1 heterocycles. The van der Waals surface area contributed by atoms with Gasteiger partial charge in [0, 0.05) is 5.92 Å². The molecule has 1 saturated heterocycles. The van der Waals surface area contributed by atoms with Gasteiger partial charge in [0.25, 0.3) is 0 Å². The summed E-state index contributed by atoms with van der Waals surface area (Å²) in [6.07, 6.45) is 1.40. The van der Waals surface area contributed by atoms with Gasteiger partial charge in [-0.15, -0.1) is 0 Å². The zero-order valence-corrected chi connectivity index (χ0v) is 7.62. The maximum Gasteiger partial charge on any atom is 0.308 e. The highest BCUT2D eigenvalue weighted by atomic mass is 16.5. The van der Waals surface area contributed by atoms with E-state index in [2.05, 4.69) is 0 Å². The fourth-order valence-electron chi connectivity index (χ4n) is 1.54. The minimum atomic E-state index is -0.511. The van der Waals surface area contributed by atoms with Gasteiger partial charge in [0.1, 0.15) is 6.10 Å². The zero-order valence-electron chi connectivity index (χ0n) is 7.62. The number of carbonyl (C=O) groups is 1. The van der Waals surface area contributed by atoms with Crippen LogP contribution in [0.1, 0.15) is 33.1 Å². The number of aliphatic hydroxyl groups is 1. The molecule has 3 heteroatoms. The van der Waals surface area contributed by atoms with E-state index in [1.807, 2.05) is 13.8 Å². The normalized spacial score (nSPS) is 36.2. The first kappa shape index (κ1) is 9.52. The highest BCUT2D eigenvalue weighted by Crippen LogP contribution is 2.24. The molecule has 3 atom stereocenters. The Bertz CT molecular complexity index is 167. The van der Waals surface area contributed by atoms with Gasteiger partial charge in [-0.3, -0.25) is 4.79 Å². The van der Waals surface area contributed by atoms with Crippen molar-refractivity contribution in [3.05, 3.63) is 0 Å². The Labute approximate surface area is 72.7 Å². The van der Waals surface area contributed by atoms with Crippen molar-refractivity contribution in [3.63, 3.8) is 0 Å². The number of ether oxygens (including phenoxy) is 1. The predicted octanol–water partition coefficient (Wildman–Crippen LogP) is 1.10. The van der Waals surface area contributed by atoms with Crippen molar-refractivity contribution in [2.45, 2.75) is 45.3 Å². The van der Waals surface area contributed by atoms with Crippen LogP contribution in [0.2, 0.25) is 0 Å². The molecule has 0 amide bonds. The molecule has 1 aliphatic rings. The molecular weight excluding hydrogens is 156 g/mol. The van der Waals surface area contributed by atoms with Gasteiger partial charge >= 0.3 is 5.97 Å². The van der Waals surface area contributed by atoms with Gasteiger partial charge in [0.15, 0.2) is 0 Å². The number of esters is 1. The van der Waals surface area contributed by atoms with Gasteiger partial charge in [-0.05, 0) is 6.42 Å². The summed E-state index contributed by atoms with van der Waals surface area (Å²) >= 11 is 0. The lowest BCUT2D eigenvalue weighted by Gasteiger charge is -2.32. The summed E-state index contributed by atoms with van der Waals surface area (Å²) in [6.45, 7) is 3.97. The first-order valence-electron chi connectivity index (χ1n) is 4.52. The lowest BCUT2D eigenvalue weighted by molar-refractivity contribution is -0.167. The number of hydrogen-bond donors (Lipinski definition) is 1. The third kappa shape index (κ3) is 1.97. The summed E-state index contributed by atoms with van der Waals surface area (Å²) in [6, 6.07) is 0. The third-order valence-corrected chi connectivity index (χ3v) is 2.43. The molecule has 1 aliphatic heterocycles. The summed E-state index contributed by atoms with van der Waals surface area (Å²) in [7, 11) is 0. The van der Waals surface area contributed by atoms with Crippen LogP contribution >= 0.6 is 0 Å². The van der Waals surface area contributed by atoms with Crippen LogP contribution in [0.4, 0.5) is 0 Å². The largest absolute Gasteiger partial charge is 0.462 e. The van der Waals surface area contributed by atoms with Crippen molar-refractivity contribution in [3.8, 4) is 0 Å². The second-order valence-corrected chi connectivity index (χ2v) is 3.45. The van der Waals surface area contributed by atoms with Gasteiger partial charge < -0.3 is 9.84 Å². The molecule has 0 aromatic carbocycles. The smallest absolute Gasteiger partial charge is 0.308 e. The van der Waals surface area contributed by atoms with Crippen molar-refractivity contribution in [1.29, 1.82) is 0 Å². The molecule has 0 aromatic heterocycles. The molecule has 0 aliphatic carbocycles. The second kappa shape index (κ2) is 3.90.